The van der Waals surface area contributed by atoms with Gasteiger partial charge < -0.3 is 4.90 Å². The van der Waals surface area contributed by atoms with Gasteiger partial charge in [-0.3, -0.25) is 19.4 Å². The van der Waals surface area contributed by atoms with Crippen LogP contribution >= 0.6 is 34.5 Å². The molecule has 0 aliphatic carbocycles. The Bertz CT molecular complexity index is 947. The molecule has 1 saturated heterocycles. The number of anilines is 1. The molecule has 1 fully saturated rings. The summed E-state index contributed by atoms with van der Waals surface area (Å²) in [6, 6.07) is 5.07. The Morgan fingerprint density at radius 1 is 1.33 bits per heavy atom. The second kappa shape index (κ2) is 9.92. The smallest absolute Gasteiger partial charge is 0.243 e. The number of amides is 2. The molecule has 0 bridgehead atoms. The lowest BCUT2D eigenvalue weighted by molar-refractivity contribution is -0.134. The molecule has 1 aliphatic rings. The maximum Gasteiger partial charge on any atom is 0.243 e. The molecule has 1 aliphatic heterocycles. The number of rotatable bonds is 7. The van der Waals surface area contributed by atoms with Crippen LogP contribution in [0.15, 0.2) is 36.2 Å². The van der Waals surface area contributed by atoms with Crippen LogP contribution in [0.2, 0.25) is 10.0 Å². The predicted molar refractivity (Wildman–Crippen MR) is 123 cm³/mol. The Labute approximate surface area is 190 Å². The summed E-state index contributed by atoms with van der Waals surface area (Å²) < 4.78 is 0. The average Bonchev–Trinajstić information content (AvgIpc) is 3.37. The van der Waals surface area contributed by atoms with Crippen molar-refractivity contribution in [1.82, 2.24) is 14.8 Å². The molecule has 2 amide bonds. The van der Waals surface area contributed by atoms with Crippen molar-refractivity contribution < 1.29 is 9.59 Å². The van der Waals surface area contributed by atoms with Gasteiger partial charge in [-0.15, -0.1) is 17.9 Å². The molecular formula is C21H24Cl2N4O2S. The van der Waals surface area contributed by atoms with Crippen molar-refractivity contribution in [3.8, 4) is 11.3 Å². The molecule has 0 radical (unpaired) electrons. The van der Waals surface area contributed by atoms with Gasteiger partial charge in [0.1, 0.15) is 0 Å². The minimum absolute atomic E-state index is 0.0340. The predicted octanol–water partition coefficient (Wildman–Crippen LogP) is 4.19. The van der Waals surface area contributed by atoms with E-state index in [1.165, 1.54) is 11.3 Å². The molecule has 30 heavy (non-hydrogen) atoms. The van der Waals surface area contributed by atoms with Gasteiger partial charge in [0.25, 0.3) is 0 Å². The number of benzene rings is 1. The van der Waals surface area contributed by atoms with E-state index >= 15 is 0 Å². The number of aromatic nitrogens is 1. The van der Waals surface area contributed by atoms with Gasteiger partial charge in [-0.05, 0) is 31.5 Å². The molecular weight excluding hydrogens is 443 g/mol. The number of halogens is 2. The highest BCUT2D eigenvalue weighted by molar-refractivity contribution is 7.14. The third kappa shape index (κ3) is 5.03. The number of carbonyl (C=O) groups excluding carboxylic acids is 2. The van der Waals surface area contributed by atoms with Crippen LogP contribution in [0.25, 0.3) is 11.3 Å². The Morgan fingerprint density at radius 2 is 2.10 bits per heavy atom. The first-order valence-corrected chi connectivity index (χ1v) is 11.2. The molecule has 1 atom stereocenters. The summed E-state index contributed by atoms with van der Waals surface area (Å²) in [5.41, 5.74) is 1.55. The molecule has 1 aromatic heterocycles. The molecule has 3 rings (SSSR count). The van der Waals surface area contributed by atoms with Crippen LogP contribution in [-0.4, -0.2) is 66.4 Å². The summed E-state index contributed by atoms with van der Waals surface area (Å²) in [5, 5.41) is 3.39. The molecule has 1 unspecified atom stereocenters. The number of likely N-dealkylation sites (N-methyl/N-ethyl adjacent to an activating group) is 1. The van der Waals surface area contributed by atoms with Crippen molar-refractivity contribution in [3.63, 3.8) is 0 Å². The number of likely N-dealkylation sites (tertiary alicyclic amines) is 1. The molecule has 2 aromatic rings. The standard InChI is InChI=1S/C21H24Cl2N4O2S/c1-4-9-27(19(28)12-26-10-5-6-18(26)20(29)25(2)3)21-24-17(13-30-21)14-7-8-15(22)16(23)11-14/h4,7-8,11,13,18H,1,5-6,9-10,12H2,2-3H3. The van der Waals surface area contributed by atoms with Gasteiger partial charge in [0, 0.05) is 31.6 Å². The first-order chi connectivity index (χ1) is 14.3. The molecule has 6 nitrogen and oxygen atoms in total. The lowest BCUT2D eigenvalue weighted by Crippen LogP contribution is -2.47. The number of nitrogens with zero attached hydrogens (tertiary/aromatic N) is 4. The second-order valence-corrected chi connectivity index (χ2v) is 8.95. The van der Waals surface area contributed by atoms with Gasteiger partial charge in [0.05, 0.1) is 28.3 Å². The second-order valence-electron chi connectivity index (χ2n) is 7.30. The minimum atomic E-state index is -0.252. The third-order valence-corrected chi connectivity index (χ3v) is 6.58. The number of thiazole rings is 1. The van der Waals surface area contributed by atoms with Gasteiger partial charge in [-0.1, -0.05) is 35.3 Å². The highest BCUT2D eigenvalue weighted by atomic mass is 35.5. The van der Waals surface area contributed by atoms with Gasteiger partial charge in [-0.2, -0.15) is 0 Å². The van der Waals surface area contributed by atoms with Crippen LogP contribution in [0, 0.1) is 0 Å². The zero-order valence-corrected chi connectivity index (χ0v) is 19.3. The number of hydrogen-bond acceptors (Lipinski definition) is 5. The van der Waals surface area contributed by atoms with E-state index in [1.807, 2.05) is 16.3 Å². The first-order valence-electron chi connectivity index (χ1n) is 9.59. The van der Waals surface area contributed by atoms with E-state index < -0.39 is 0 Å². The number of hydrogen-bond donors (Lipinski definition) is 0. The van der Waals surface area contributed by atoms with Crippen molar-refractivity contribution in [2.45, 2.75) is 18.9 Å². The van der Waals surface area contributed by atoms with E-state index in [2.05, 4.69) is 11.6 Å². The van der Waals surface area contributed by atoms with Crippen LogP contribution in [0.5, 0.6) is 0 Å². The maximum atomic E-state index is 13.1. The van der Waals surface area contributed by atoms with Crippen molar-refractivity contribution >= 4 is 51.5 Å². The molecule has 1 aromatic carbocycles. The molecule has 160 valence electrons. The fourth-order valence-electron chi connectivity index (χ4n) is 3.44. The van der Waals surface area contributed by atoms with E-state index in [9.17, 15) is 9.59 Å². The molecule has 9 heteroatoms. The molecule has 0 spiro atoms. The lowest BCUT2D eigenvalue weighted by atomic mass is 10.2. The van der Waals surface area contributed by atoms with E-state index in [4.69, 9.17) is 23.2 Å². The maximum absolute atomic E-state index is 13.1. The Morgan fingerprint density at radius 3 is 2.77 bits per heavy atom. The van der Waals surface area contributed by atoms with Gasteiger partial charge >= 0.3 is 0 Å². The van der Waals surface area contributed by atoms with Crippen molar-refractivity contribution in [1.29, 1.82) is 0 Å². The van der Waals surface area contributed by atoms with Gasteiger partial charge in [-0.25, -0.2) is 4.98 Å². The van der Waals surface area contributed by atoms with Crippen LogP contribution in [0.4, 0.5) is 5.13 Å². The van der Waals surface area contributed by atoms with E-state index in [0.29, 0.717) is 21.7 Å². The highest BCUT2D eigenvalue weighted by Crippen LogP contribution is 2.32. The van der Waals surface area contributed by atoms with Crippen LogP contribution in [0.1, 0.15) is 12.8 Å². The van der Waals surface area contributed by atoms with Crippen molar-refractivity contribution in [3.05, 3.63) is 46.3 Å². The first kappa shape index (κ1) is 22.7. The zero-order chi connectivity index (χ0) is 21.8. The Hall–Kier alpha value is -1.93. The fourth-order valence-corrected chi connectivity index (χ4v) is 4.60. The van der Waals surface area contributed by atoms with E-state index in [1.54, 1.807) is 42.1 Å². The van der Waals surface area contributed by atoms with E-state index in [-0.39, 0.29) is 24.4 Å². The topological polar surface area (TPSA) is 56.8 Å². The SMILES string of the molecule is C=CCN(C(=O)CN1CCCC1C(=O)N(C)C)c1nc(-c2ccc(Cl)c(Cl)c2)cs1. The van der Waals surface area contributed by atoms with Crippen LogP contribution in [-0.2, 0) is 9.59 Å². The largest absolute Gasteiger partial charge is 0.347 e. The highest BCUT2D eigenvalue weighted by Gasteiger charge is 2.34. The average molecular weight is 467 g/mol. The zero-order valence-electron chi connectivity index (χ0n) is 17.0. The summed E-state index contributed by atoms with van der Waals surface area (Å²) in [4.78, 5) is 35.3. The fraction of sp³-hybridized carbons (Fsp3) is 0.381. The third-order valence-electron chi connectivity index (χ3n) is 4.98. The van der Waals surface area contributed by atoms with Gasteiger partial charge in [0.2, 0.25) is 11.8 Å². The van der Waals surface area contributed by atoms with Crippen molar-refractivity contribution in [2.24, 2.45) is 0 Å². The quantitative estimate of drug-likeness (QED) is 0.574. The Balaban J connectivity index is 1.78. The van der Waals surface area contributed by atoms with Crippen LogP contribution in [0.3, 0.4) is 0 Å². The minimum Gasteiger partial charge on any atom is -0.347 e. The van der Waals surface area contributed by atoms with Crippen LogP contribution < -0.4 is 4.90 Å². The summed E-state index contributed by atoms with van der Waals surface area (Å²) in [7, 11) is 3.48. The summed E-state index contributed by atoms with van der Waals surface area (Å²) in [5.74, 6) is -0.0740. The van der Waals surface area contributed by atoms with Gasteiger partial charge in [0.15, 0.2) is 5.13 Å². The monoisotopic (exact) mass is 466 g/mol. The molecule has 0 N–H and O–H groups in total. The lowest BCUT2D eigenvalue weighted by Gasteiger charge is -2.27. The summed E-state index contributed by atoms with van der Waals surface area (Å²) in [6.07, 6.45) is 3.34. The molecule has 0 saturated carbocycles. The summed E-state index contributed by atoms with van der Waals surface area (Å²) in [6.45, 7) is 5.00. The normalized spacial score (nSPS) is 16.5. The van der Waals surface area contributed by atoms with E-state index in [0.717, 1.165) is 30.6 Å². The van der Waals surface area contributed by atoms with Crippen molar-refractivity contribution in [2.75, 3.05) is 38.6 Å². The number of carbonyl (C=O) groups is 2. The summed E-state index contributed by atoms with van der Waals surface area (Å²) >= 11 is 13.5. The Kier molecular flexibility index (Phi) is 7.52. The molecule has 2 heterocycles.